The molecular weight excluding hydrogens is 390 g/mol. The zero-order valence-electron chi connectivity index (χ0n) is 11.8. The van der Waals surface area contributed by atoms with Gasteiger partial charge in [-0.15, -0.1) is 11.3 Å². The molecule has 4 nitrogen and oxygen atoms in total. The van der Waals surface area contributed by atoms with Gasteiger partial charge in [0.25, 0.3) is 5.91 Å². The normalized spacial score (nSPS) is 13.0. The van der Waals surface area contributed by atoms with Crippen molar-refractivity contribution in [3.8, 4) is 11.5 Å². The summed E-state index contributed by atoms with van der Waals surface area (Å²) >= 11 is 11.2. The molecule has 0 radical (unpaired) electrons. The van der Waals surface area contributed by atoms with E-state index in [0.717, 1.165) is 8.66 Å². The third kappa shape index (κ3) is 3.24. The Bertz CT molecular complexity index is 719. The molecule has 0 spiro atoms. The highest BCUT2D eigenvalue weighted by molar-refractivity contribution is 9.11. The molecule has 0 saturated heterocycles. The smallest absolute Gasteiger partial charge is 0.254 e. The molecule has 2 heterocycles. The van der Waals surface area contributed by atoms with Crippen LogP contribution in [0.15, 0.2) is 28.1 Å². The van der Waals surface area contributed by atoms with Gasteiger partial charge >= 0.3 is 0 Å². The Kier molecular flexibility index (Phi) is 4.61. The van der Waals surface area contributed by atoms with E-state index in [1.807, 2.05) is 12.1 Å². The molecular formula is C15H13BrClNO3S. The summed E-state index contributed by atoms with van der Waals surface area (Å²) in [6.45, 7) is 1.47. The van der Waals surface area contributed by atoms with E-state index in [0.29, 0.717) is 41.8 Å². The van der Waals surface area contributed by atoms with Gasteiger partial charge in [-0.05, 0) is 40.2 Å². The fourth-order valence-electron chi connectivity index (χ4n) is 2.20. The fraction of sp³-hybridized carbons (Fsp3) is 0.267. The van der Waals surface area contributed by atoms with Gasteiger partial charge in [-0.2, -0.15) is 0 Å². The van der Waals surface area contributed by atoms with E-state index in [2.05, 4.69) is 15.9 Å². The van der Waals surface area contributed by atoms with Crippen LogP contribution in [-0.4, -0.2) is 31.1 Å². The summed E-state index contributed by atoms with van der Waals surface area (Å²) < 4.78 is 12.0. The molecule has 7 heteroatoms. The van der Waals surface area contributed by atoms with E-state index >= 15 is 0 Å². The minimum absolute atomic E-state index is 0.108. The summed E-state index contributed by atoms with van der Waals surface area (Å²) in [4.78, 5) is 15.3. The average Bonchev–Trinajstić information content (AvgIpc) is 2.91. The quantitative estimate of drug-likeness (QED) is 0.772. The average molecular weight is 403 g/mol. The van der Waals surface area contributed by atoms with Gasteiger partial charge in [0.05, 0.1) is 15.4 Å². The predicted molar refractivity (Wildman–Crippen MR) is 90.3 cm³/mol. The maximum absolute atomic E-state index is 12.6. The highest BCUT2D eigenvalue weighted by atomic mass is 79.9. The molecule has 1 amide bonds. The molecule has 3 rings (SSSR count). The van der Waals surface area contributed by atoms with E-state index < -0.39 is 0 Å². The summed E-state index contributed by atoms with van der Waals surface area (Å²) in [5, 5.41) is 0.396. The molecule has 1 aliphatic rings. The molecule has 0 N–H and O–H groups in total. The first kappa shape index (κ1) is 15.6. The van der Waals surface area contributed by atoms with Crippen molar-refractivity contribution in [1.82, 2.24) is 4.90 Å². The Hall–Kier alpha value is -1.24. The van der Waals surface area contributed by atoms with Gasteiger partial charge in [-0.25, -0.2) is 0 Å². The second-order valence-corrected chi connectivity index (χ2v) is 7.80. The number of fused-ring (bicyclic) bond motifs is 1. The molecule has 1 aromatic heterocycles. The molecule has 1 aromatic carbocycles. The fourth-order valence-corrected chi connectivity index (χ4v) is 4.00. The number of hydrogen-bond donors (Lipinski definition) is 0. The monoisotopic (exact) mass is 401 g/mol. The lowest BCUT2D eigenvalue weighted by molar-refractivity contribution is 0.0785. The van der Waals surface area contributed by atoms with Gasteiger partial charge in [-0.3, -0.25) is 4.79 Å². The van der Waals surface area contributed by atoms with Crippen molar-refractivity contribution in [1.29, 1.82) is 0 Å². The van der Waals surface area contributed by atoms with Crippen LogP contribution in [0.1, 0.15) is 15.2 Å². The first-order chi connectivity index (χ1) is 10.5. The van der Waals surface area contributed by atoms with Crippen LogP contribution in [0.25, 0.3) is 0 Å². The van der Waals surface area contributed by atoms with Crippen LogP contribution in [-0.2, 0) is 6.54 Å². The molecule has 0 fully saturated rings. The topological polar surface area (TPSA) is 38.8 Å². The summed E-state index contributed by atoms with van der Waals surface area (Å²) in [6.07, 6.45) is 0. The van der Waals surface area contributed by atoms with Crippen LogP contribution >= 0.6 is 38.9 Å². The van der Waals surface area contributed by atoms with Gasteiger partial charge in [0, 0.05) is 17.5 Å². The van der Waals surface area contributed by atoms with E-state index in [1.165, 1.54) is 0 Å². The Morgan fingerprint density at radius 1 is 1.36 bits per heavy atom. The minimum atomic E-state index is -0.108. The molecule has 0 bridgehead atoms. The Balaban J connectivity index is 1.80. The molecule has 1 aliphatic heterocycles. The molecule has 2 aromatic rings. The lowest BCUT2D eigenvalue weighted by Crippen LogP contribution is -2.26. The van der Waals surface area contributed by atoms with Crippen molar-refractivity contribution in [2.45, 2.75) is 6.54 Å². The summed E-state index contributed by atoms with van der Waals surface area (Å²) in [5.41, 5.74) is 0.493. The van der Waals surface area contributed by atoms with Crippen molar-refractivity contribution in [2.24, 2.45) is 0 Å². The van der Waals surface area contributed by atoms with E-state index in [4.69, 9.17) is 21.1 Å². The Labute approximate surface area is 145 Å². The number of nitrogens with zero attached hydrogens (tertiary/aromatic N) is 1. The van der Waals surface area contributed by atoms with Gasteiger partial charge in [0.15, 0.2) is 11.5 Å². The van der Waals surface area contributed by atoms with E-state index in [1.54, 1.807) is 35.4 Å². The standard InChI is InChI=1S/C15H13BrClNO3S/c1-18(8-10-2-3-13(16)22-10)15(19)9-6-11(17)14-12(7-9)20-4-5-21-14/h2-3,6-7H,4-5,8H2,1H3. The number of carbonyl (C=O) groups is 1. The summed E-state index contributed by atoms with van der Waals surface area (Å²) in [6, 6.07) is 7.27. The molecule has 0 aliphatic carbocycles. The Morgan fingerprint density at radius 2 is 2.14 bits per heavy atom. The molecule has 0 unspecified atom stereocenters. The number of thiophene rings is 1. The molecule has 22 heavy (non-hydrogen) atoms. The Morgan fingerprint density at radius 3 is 2.86 bits per heavy atom. The third-order valence-electron chi connectivity index (χ3n) is 3.21. The maximum atomic E-state index is 12.6. The first-order valence-electron chi connectivity index (χ1n) is 6.63. The number of halogens is 2. The summed E-state index contributed by atoms with van der Waals surface area (Å²) in [7, 11) is 1.76. The van der Waals surface area contributed by atoms with Crippen LogP contribution in [0.5, 0.6) is 11.5 Å². The SMILES string of the molecule is CN(Cc1ccc(Br)s1)C(=O)c1cc(Cl)c2c(c1)OCCO2. The van der Waals surface area contributed by atoms with Gasteiger partial charge < -0.3 is 14.4 Å². The third-order valence-corrected chi connectivity index (χ3v) is 5.10. The molecule has 116 valence electrons. The van der Waals surface area contributed by atoms with Gasteiger partial charge in [-0.1, -0.05) is 11.6 Å². The highest BCUT2D eigenvalue weighted by Gasteiger charge is 2.21. The van der Waals surface area contributed by atoms with Crippen molar-refractivity contribution < 1.29 is 14.3 Å². The van der Waals surface area contributed by atoms with Gasteiger partial charge in [0.1, 0.15) is 13.2 Å². The number of amides is 1. The number of rotatable bonds is 3. The number of benzene rings is 1. The predicted octanol–water partition coefficient (Wildman–Crippen LogP) is 4.21. The van der Waals surface area contributed by atoms with Crippen LogP contribution < -0.4 is 9.47 Å². The second-order valence-electron chi connectivity index (χ2n) is 4.85. The highest BCUT2D eigenvalue weighted by Crippen LogP contribution is 2.38. The van der Waals surface area contributed by atoms with Crippen LogP contribution in [0.4, 0.5) is 0 Å². The molecule has 0 atom stereocenters. The van der Waals surface area contributed by atoms with Crippen LogP contribution in [0, 0.1) is 0 Å². The molecule has 0 saturated carbocycles. The summed E-state index contributed by atoms with van der Waals surface area (Å²) in [5.74, 6) is 0.923. The zero-order chi connectivity index (χ0) is 15.7. The van der Waals surface area contributed by atoms with Gasteiger partial charge in [0.2, 0.25) is 0 Å². The minimum Gasteiger partial charge on any atom is -0.486 e. The lowest BCUT2D eigenvalue weighted by Gasteiger charge is -2.21. The van der Waals surface area contributed by atoms with Crippen molar-refractivity contribution >= 4 is 44.8 Å². The maximum Gasteiger partial charge on any atom is 0.254 e. The zero-order valence-corrected chi connectivity index (χ0v) is 14.9. The number of carbonyl (C=O) groups excluding carboxylic acids is 1. The van der Waals surface area contributed by atoms with Crippen molar-refractivity contribution in [3.63, 3.8) is 0 Å². The number of ether oxygens (including phenoxy) is 2. The van der Waals surface area contributed by atoms with E-state index in [-0.39, 0.29) is 5.91 Å². The second kappa shape index (κ2) is 6.48. The van der Waals surface area contributed by atoms with E-state index in [9.17, 15) is 4.79 Å². The van der Waals surface area contributed by atoms with Crippen molar-refractivity contribution in [3.05, 3.63) is 43.5 Å². The van der Waals surface area contributed by atoms with Crippen LogP contribution in [0.2, 0.25) is 5.02 Å². The van der Waals surface area contributed by atoms with Crippen LogP contribution in [0.3, 0.4) is 0 Å². The first-order valence-corrected chi connectivity index (χ1v) is 8.62. The number of hydrogen-bond acceptors (Lipinski definition) is 4. The largest absolute Gasteiger partial charge is 0.486 e. The van der Waals surface area contributed by atoms with Crippen molar-refractivity contribution in [2.75, 3.05) is 20.3 Å². The lowest BCUT2D eigenvalue weighted by atomic mass is 10.1.